The lowest BCUT2D eigenvalue weighted by Gasteiger charge is -2.21. The molecule has 1 heterocycles. The van der Waals surface area contributed by atoms with Gasteiger partial charge in [0.05, 0.1) is 0 Å². The molecule has 0 spiro atoms. The van der Waals surface area contributed by atoms with Crippen molar-refractivity contribution in [3.8, 4) is 11.8 Å². The van der Waals surface area contributed by atoms with Crippen LogP contribution >= 0.6 is 0 Å². The lowest BCUT2D eigenvalue weighted by atomic mass is 10.2. The van der Waals surface area contributed by atoms with E-state index in [1.807, 2.05) is 51.1 Å². The summed E-state index contributed by atoms with van der Waals surface area (Å²) in [6, 6.07) is 9.48. The molecule has 0 aliphatic heterocycles. The lowest BCUT2D eigenvalue weighted by Crippen LogP contribution is -2.22. The molecule has 0 radical (unpaired) electrons. The van der Waals surface area contributed by atoms with E-state index in [9.17, 15) is 0 Å². The van der Waals surface area contributed by atoms with Gasteiger partial charge in [0.1, 0.15) is 17.4 Å². The Labute approximate surface area is 118 Å². The van der Waals surface area contributed by atoms with Gasteiger partial charge in [0.2, 0.25) is 0 Å². The number of anilines is 2. The summed E-state index contributed by atoms with van der Waals surface area (Å²) in [5.74, 6) is 1.24. The SMILES string of the molecule is CC(C)(C)Oc1ccc(Nc2nccnc2C#N)cc1. The maximum Gasteiger partial charge on any atom is 0.183 e. The van der Waals surface area contributed by atoms with Gasteiger partial charge in [-0.2, -0.15) is 5.26 Å². The van der Waals surface area contributed by atoms with Gasteiger partial charge in [0.25, 0.3) is 0 Å². The molecule has 2 aromatic rings. The van der Waals surface area contributed by atoms with Crippen molar-refractivity contribution >= 4 is 11.5 Å². The molecule has 1 N–H and O–H groups in total. The lowest BCUT2D eigenvalue weighted by molar-refractivity contribution is 0.131. The summed E-state index contributed by atoms with van der Waals surface area (Å²) in [6.45, 7) is 5.99. The fraction of sp³-hybridized carbons (Fsp3) is 0.267. The van der Waals surface area contributed by atoms with E-state index in [4.69, 9.17) is 10.00 Å². The summed E-state index contributed by atoms with van der Waals surface area (Å²) in [5.41, 5.74) is 0.860. The fourth-order valence-corrected chi connectivity index (χ4v) is 1.61. The predicted octanol–water partition coefficient (Wildman–Crippen LogP) is 3.27. The Balaban J connectivity index is 2.13. The highest BCUT2D eigenvalue weighted by molar-refractivity contribution is 5.61. The minimum atomic E-state index is -0.228. The van der Waals surface area contributed by atoms with Crippen LogP contribution in [0.3, 0.4) is 0 Å². The fourth-order valence-electron chi connectivity index (χ4n) is 1.61. The van der Waals surface area contributed by atoms with Crippen molar-refractivity contribution in [3.63, 3.8) is 0 Å². The molecule has 1 aromatic carbocycles. The van der Waals surface area contributed by atoms with E-state index >= 15 is 0 Å². The Kier molecular flexibility index (Phi) is 3.85. The van der Waals surface area contributed by atoms with Crippen LogP contribution in [0.5, 0.6) is 5.75 Å². The Morgan fingerprint density at radius 1 is 1.10 bits per heavy atom. The molecule has 0 aliphatic rings. The second kappa shape index (κ2) is 5.57. The first-order valence-corrected chi connectivity index (χ1v) is 6.25. The van der Waals surface area contributed by atoms with Crippen molar-refractivity contribution in [1.29, 1.82) is 5.26 Å². The summed E-state index contributed by atoms with van der Waals surface area (Å²) in [6.07, 6.45) is 3.03. The highest BCUT2D eigenvalue weighted by Gasteiger charge is 2.11. The first kappa shape index (κ1) is 13.8. The van der Waals surface area contributed by atoms with Gasteiger partial charge in [0, 0.05) is 18.1 Å². The van der Waals surface area contributed by atoms with Crippen LogP contribution < -0.4 is 10.1 Å². The quantitative estimate of drug-likeness (QED) is 0.925. The zero-order chi connectivity index (χ0) is 14.6. The Bertz CT molecular complexity index is 624. The molecule has 0 saturated heterocycles. The first-order valence-electron chi connectivity index (χ1n) is 6.25. The second-order valence-electron chi connectivity index (χ2n) is 5.23. The van der Waals surface area contributed by atoms with Crippen LogP contribution in [0, 0.1) is 11.3 Å². The van der Waals surface area contributed by atoms with Crippen LogP contribution in [0.4, 0.5) is 11.5 Å². The molecule has 0 fully saturated rings. The summed E-state index contributed by atoms with van der Waals surface area (Å²) in [5, 5.41) is 12.0. The number of ether oxygens (including phenoxy) is 1. The molecule has 5 heteroatoms. The van der Waals surface area contributed by atoms with Gasteiger partial charge < -0.3 is 10.1 Å². The second-order valence-corrected chi connectivity index (χ2v) is 5.23. The third-order valence-corrected chi connectivity index (χ3v) is 2.35. The number of hydrogen-bond acceptors (Lipinski definition) is 5. The van der Waals surface area contributed by atoms with E-state index in [0.717, 1.165) is 11.4 Å². The van der Waals surface area contributed by atoms with Gasteiger partial charge in [-0.25, -0.2) is 9.97 Å². The Hall–Kier alpha value is -2.61. The number of nitrogens with zero attached hydrogens (tertiary/aromatic N) is 3. The van der Waals surface area contributed by atoms with E-state index in [-0.39, 0.29) is 11.3 Å². The number of nitriles is 1. The van der Waals surface area contributed by atoms with Gasteiger partial charge in [-0.15, -0.1) is 0 Å². The minimum absolute atomic E-state index is 0.228. The molecule has 0 unspecified atom stereocenters. The van der Waals surface area contributed by atoms with Crippen molar-refractivity contribution < 1.29 is 4.74 Å². The number of nitrogens with one attached hydrogen (secondary N) is 1. The molecule has 5 nitrogen and oxygen atoms in total. The van der Waals surface area contributed by atoms with E-state index in [1.54, 1.807) is 6.20 Å². The molecule has 102 valence electrons. The highest BCUT2D eigenvalue weighted by Crippen LogP contribution is 2.22. The van der Waals surface area contributed by atoms with Crippen molar-refractivity contribution in [1.82, 2.24) is 9.97 Å². The third-order valence-electron chi connectivity index (χ3n) is 2.35. The van der Waals surface area contributed by atoms with Gasteiger partial charge >= 0.3 is 0 Å². The number of rotatable bonds is 3. The van der Waals surface area contributed by atoms with Crippen LogP contribution in [0.25, 0.3) is 0 Å². The van der Waals surface area contributed by atoms with E-state index in [2.05, 4.69) is 15.3 Å². The summed E-state index contributed by atoms with van der Waals surface area (Å²) in [4.78, 5) is 8.05. The highest BCUT2D eigenvalue weighted by atomic mass is 16.5. The Morgan fingerprint density at radius 2 is 1.75 bits per heavy atom. The van der Waals surface area contributed by atoms with Gasteiger partial charge in [0.15, 0.2) is 11.5 Å². The topological polar surface area (TPSA) is 70.8 Å². The maximum atomic E-state index is 8.96. The summed E-state index contributed by atoms with van der Waals surface area (Å²) < 4.78 is 5.74. The monoisotopic (exact) mass is 268 g/mol. The van der Waals surface area contributed by atoms with Crippen molar-refractivity contribution in [2.24, 2.45) is 0 Å². The smallest absolute Gasteiger partial charge is 0.183 e. The van der Waals surface area contributed by atoms with Gasteiger partial charge in [-0.1, -0.05) is 0 Å². The zero-order valence-corrected chi connectivity index (χ0v) is 11.7. The molecule has 0 amide bonds. The molecule has 0 saturated carbocycles. The summed E-state index contributed by atoms with van der Waals surface area (Å²) >= 11 is 0. The zero-order valence-electron chi connectivity index (χ0n) is 11.7. The first-order chi connectivity index (χ1) is 9.48. The van der Waals surface area contributed by atoms with E-state index in [0.29, 0.717) is 5.82 Å². The molecule has 2 rings (SSSR count). The number of hydrogen-bond donors (Lipinski definition) is 1. The van der Waals surface area contributed by atoms with Crippen LogP contribution in [-0.4, -0.2) is 15.6 Å². The van der Waals surface area contributed by atoms with Gasteiger partial charge in [-0.3, -0.25) is 0 Å². The molecular weight excluding hydrogens is 252 g/mol. The van der Waals surface area contributed by atoms with Crippen molar-refractivity contribution in [3.05, 3.63) is 42.4 Å². The summed E-state index contributed by atoms with van der Waals surface area (Å²) in [7, 11) is 0. The average Bonchev–Trinajstić information content (AvgIpc) is 2.40. The predicted molar refractivity (Wildman–Crippen MR) is 76.9 cm³/mol. The maximum absolute atomic E-state index is 8.96. The molecule has 20 heavy (non-hydrogen) atoms. The van der Waals surface area contributed by atoms with Crippen LogP contribution in [0.1, 0.15) is 26.5 Å². The van der Waals surface area contributed by atoms with Crippen LogP contribution in [-0.2, 0) is 0 Å². The largest absolute Gasteiger partial charge is 0.488 e. The molecule has 1 aromatic heterocycles. The Morgan fingerprint density at radius 3 is 2.35 bits per heavy atom. The normalized spacial score (nSPS) is 10.7. The molecule has 0 bridgehead atoms. The third kappa shape index (κ3) is 3.69. The van der Waals surface area contributed by atoms with E-state index in [1.165, 1.54) is 6.20 Å². The van der Waals surface area contributed by atoms with E-state index < -0.39 is 0 Å². The van der Waals surface area contributed by atoms with Crippen molar-refractivity contribution in [2.75, 3.05) is 5.32 Å². The molecule has 0 aliphatic carbocycles. The standard InChI is InChI=1S/C15H16N4O/c1-15(2,3)20-12-6-4-11(5-7-12)19-14-13(10-16)17-8-9-18-14/h4-9H,1-3H3,(H,18,19). The number of benzene rings is 1. The van der Waals surface area contributed by atoms with Crippen LogP contribution in [0.2, 0.25) is 0 Å². The minimum Gasteiger partial charge on any atom is -0.488 e. The number of aromatic nitrogens is 2. The molecule has 0 atom stereocenters. The van der Waals surface area contributed by atoms with Crippen LogP contribution in [0.15, 0.2) is 36.7 Å². The molecular formula is C15H16N4O. The van der Waals surface area contributed by atoms with Gasteiger partial charge in [-0.05, 0) is 45.0 Å². The average molecular weight is 268 g/mol. The van der Waals surface area contributed by atoms with Crippen molar-refractivity contribution in [2.45, 2.75) is 26.4 Å².